The lowest BCUT2D eigenvalue weighted by molar-refractivity contribution is -0.870. The van der Waals surface area contributed by atoms with E-state index in [1.54, 1.807) is 0 Å². The maximum absolute atomic E-state index is 12.9. The average Bonchev–Trinajstić information content (AvgIpc) is 3.56. The van der Waals surface area contributed by atoms with Gasteiger partial charge in [-0.1, -0.05) is 399 Å². The zero-order chi connectivity index (χ0) is 62.6. The van der Waals surface area contributed by atoms with Crippen LogP contribution in [0.5, 0.6) is 0 Å². The molecule has 0 amide bonds. The molecule has 2 unspecified atom stereocenters. The van der Waals surface area contributed by atoms with Gasteiger partial charge in [-0.05, 0) is 12.8 Å². The van der Waals surface area contributed by atoms with E-state index in [-0.39, 0.29) is 25.6 Å². The minimum atomic E-state index is -4.39. The van der Waals surface area contributed by atoms with Crippen molar-refractivity contribution in [2.24, 2.45) is 0 Å². The quantitative estimate of drug-likeness (QED) is 0.0278. The number of carbonyl (C=O) groups excluding carboxylic acids is 2. The molecule has 86 heavy (non-hydrogen) atoms. The van der Waals surface area contributed by atoms with Crippen LogP contribution in [0.15, 0.2) is 0 Å². The zero-order valence-corrected chi connectivity index (χ0v) is 59.8. The van der Waals surface area contributed by atoms with Crippen molar-refractivity contribution in [1.29, 1.82) is 0 Å². The first-order valence-electron chi connectivity index (χ1n) is 38.8. The lowest BCUT2D eigenvalue weighted by Gasteiger charge is -2.24. The highest BCUT2D eigenvalue weighted by atomic mass is 31.2. The number of unbranched alkanes of at least 4 members (excludes halogenated alkanes) is 60. The van der Waals surface area contributed by atoms with Crippen molar-refractivity contribution < 1.29 is 42.1 Å². The first kappa shape index (κ1) is 85.0. The third-order valence-electron chi connectivity index (χ3n) is 18.1. The maximum atomic E-state index is 12.9. The number of rotatable bonds is 74. The minimum Gasteiger partial charge on any atom is -0.462 e. The first-order chi connectivity index (χ1) is 42.0. The molecule has 9 nitrogen and oxygen atoms in total. The highest BCUT2D eigenvalue weighted by Gasteiger charge is 2.27. The molecular formula is C76H153NO8P+. The Balaban J connectivity index is 3.90. The molecule has 10 heteroatoms. The largest absolute Gasteiger partial charge is 0.472 e. The fourth-order valence-electron chi connectivity index (χ4n) is 12.2. The van der Waals surface area contributed by atoms with Crippen LogP contribution in [0.25, 0.3) is 0 Å². The molecule has 0 aromatic rings. The van der Waals surface area contributed by atoms with Crippen molar-refractivity contribution >= 4 is 19.8 Å². The van der Waals surface area contributed by atoms with Gasteiger partial charge in [0.05, 0.1) is 27.7 Å². The van der Waals surface area contributed by atoms with Gasteiger partial charge < -0.3 is 18.9 Å². The molecule has 0 rings (SSSR count). The fourth-order valence-corrected chi connectivity index (χ4v) is 12.9. The lowest BCUT2D eigenvalue weighted by atomic mass is 10.0. The van der Waals surface area contributed by atoms with Crippen molar-refractivity contribution in [2.45, 2.75) is 431 Å². The van der Waals surface area contributed by atoms with Crippen LogP contribution in [0, 0.1) is 0 Å². The van der Waals surface area contributed by atoms with E-state index >= 15 is 0 Å². The van der Waals surface area contributed by atoms with Gasteiger partial charge in [0, 0.05) is 12.8 Å². The number of phosphoric ester groups is 1. The fraction of sp³-hybridized carbons (Fsp3) is 0.974. The first-order valence-corrected chi connectivity index (χ1v) is 40.3. The third-order valence-corrected chi connectivity index (χ3v) is 19.1. The van der Waals surface area contributed by atoms with Gasteiger partial charge in [0.25, 0.3) is 0 Å². The molecule has 0 heterocycles. The van der Waals surface area contributed by atoms with Crippen LogP contribution in [0.1, 0.15) is 425 Å². The summed E-state index contributed by atoms with van der Waals surface area (Å²) in [7, 11) is 1.51. The summed E-state index contributed by atoms with van der Waals surface area (Å²) >= 11 is 0. The number of nitrogens with zero attached hydrogens (tertiary/aromatic N) is 1. The maximum Gasteiger partial charge on any atom is 0.472 e. The zero-order valence-electron chi connectivity index (χ0n) is 58.9. The molecule has 0 spiro atoms. The molecule has 0 fully saturated rings. The van der Waals surface area contributed by atoms with E-state index in [1.807, 2.05) is 21.1 Å². The molecule has 2 atom stereocenters. The van der Waals surface area contributed by atoms with Gasteiger partial charge in [-0.3, -0.25) is 18.6 Å². The predicted molar refractivity (Wildman–Crippen MR) is 372 cm³/mol. The SMILES string of the molecule is CCCCCCCCCCCCCCCCCCCCCCCCCCCCCCCCCCCCCC(=O)OC(COC(=O)CCCCCCCCCCCCCCCCCCCCCCCCCCCCC)COP(=O)(O)OCC[N+](C)(C)C. The van der Waals surface area contributed by atoms with Crippen LogP contribution in [0.3, 0.4) is 0 Å². The van der Waals surface area contributed by atoms with Gasteiger partial charge in [-0.15, -0.1) is 0 Å². The summed E-state index contributed by atoms with van der Waals surface area (Å²) in [4.78, 5) is 35.9. The Labute approximate surface area is 537 Å². The summed E-state index contributed by atoms with van der Waals surface area (Å²) in [6.45, 7) is 4.54. The van der Waals surface area contributed by atoms with Gasteiger partial charge >= 0.3 is 19.8 Å². The van der Waals surface area contributed by atoms with Crippen molar-refractivity contribution in [3.05, 3.63) is 0 Å². The van der Waals surface area contributed by atoms with E-state index in [4.69, 9.17) is 18.5 Å². The molecule has 1 N–H and O–H groups in total. The smallest absolute Gasteiger partial charge is 0.462 e. The molecule has 514 valence electrons. The molecule has 0 aliphatic carbocycles. The van der Waals surface area contributed by atoms with Crippen LogP contribution in [-0.4, -0.2) is 74.9 Å². The van der Waals surface area contributed by atoms with E-state index in [9.17, 15) is 19.0 Å². The number of hydrogen-bond donors (Lipinski definition) is 1. The van der Waals surface area contributed by atoms with E-state index in [1.165, 1.54) is 360 Å². The Kier molecular flexibility index (Phi) is 67.6. The Hall–Kier alpha value is -0.990. The monoisotopic (exact) mass is 1240 g/mol. The molecule has 0 bridgehead atoms. The summed E-state index contributed by atoms with van der Waals surface area (Å²) in [5.41, 5.74) is 0. The van der Waals surface area contributed by atoms with Crippen LogP contribution in [-0.2, 0) is 32.7 Å². The standard InChI is InChI=1S/C76H152NO8P/c1-6-8-10-12-14-16-18-20-22-24-26-28-30-32-34-35-36-37-38-39-40-41-43-45-47-49-51-53-55-57-59-61-63-65-67-69-76(79)85-74(73-84-86(80,81)83-71-70-77(3,4)5)72-82-75(78)68-66-64-62-60-58-56-54-52-50-48-46-44-42-33-31-29-27-25-23-21-19-17-15-13-11-9-7-2/h74H,6-73H2,1-5H3/p+1. The number of phosphoric acid groups is 1. The molecule has 0 saturated carbocycles. The van der Waals surface area contributed by atoms with Gasteiger partial charge in [-0.2, -0.15) is 0 Å². The topological polar surface area (TPSA) is 108 Å². The van der Waals surface area contributed by atoms with E-state index in [0.717, 1.165) is 38.5 Å². The Morgan fingerprint density at radius 3 is 0.744 bits per heavy atom. The minimum absolute atomic E-state index is 0.0378. The molecular weight excluding hydrogens is 1090 g/mol. The summed E-state index contributed by atoms with van der Waals surface area (Å²) in [6, 6.07) is 0. The third kappa shape index (κ3) is 72.1. The Bertz CT molecular complexity index is 1410. The van der Waals surface area contributed by atoms with Crippen LogP contribution >= 0.6 is 7.82 Å². The number of hydrogen-bond acceptors (Lipinski definition) is 7. The lowest BCUT2D eigenvalue weighted by Crippen LogP contribution is -2.37. The van der Waals surface area contributed by atoms with Gasteiger partial charge in [0.2, 0.25) is 0 Å². The van der Waals surface area contributed by atoms with Crippen molar-refractivity contribution in [1.82, 2.24) is 0 Å². The molecule has 0 aliphatic rings. The number of carbonyl (C=O) groups is 2. The number of esters is 2. The average molecular weight is 1240 g/mol. The summed E-state index contributed by atoms with van der Waals surface area (Å²) in [5.74, 6) is -0.765. The number of quaternary nitrogens is 1. The highest BCUT2D eigenvalue weighted by Crippen LogP contribution is 2.43. The molecule has 0 aromatic heterocycles. The predicted octanol–water partition coefficient (Wildman–Crippen LogP) is 25.3. The number of ether oxygens (including phenoxy) is 2. The summed E-state index contributed by atoms with van der Waals surface area (Å²) in [6.07, 6.45) is 83.9. The Morgan fingerprint density at radius 1 is 0.314 bits per heavy atom. The van der Waals surface area contributed by atoms with Crippen molar-refractivity contribution in [2.75, 3.05) is 47.5 Å². The number of likely N-dealkylation sites (N-methyl/N-ethyl adjacent to an activating group) is 1. The van der Waals surface area contributed by atoms with Gasteiger partial charge in [-0.25, -0.2) is 4.57 Å². The van der Waals surface area contributed by atoms with Crippen LogP contribution < -0.4 is 0 Å². The van der Waals surface area contributed by atoms with Gasteiger partial charge in [0.15, 0.2) is 6.10 Å². The Morgan fingerprint density at radius 2 is 0.523 bits per heavy atom. The van der Waals surface area contributed by atoms with Gasteiger partial charge in [0.1, 0.15) is 19.8 Å². The molecule has 0 aliphatic heterocycles. The molecule has 0 radical (unpaired) electrons. The van der Waals surface area contributed by atoms with Crippen molar-refractivity contribution in [3.63, 3.8) is 0 Å². The van der Waals surface area contributed by atoms with Crippen LogP contribution in [0.2, 0.25) is 0 Å². The van der Waals surface area contributed by atoms with Crippen molar-refractivity contribution in [3.8, 4) is 0 Å². The summed E-state index contributed by atoms with van der Waals surface area (Å²) < 4.78 is 34.8. The molecule has 0 aromatic carbocycles. The normalized spacial score (nSPS) is 13.0. The second-order valence-corrected chi connectivity index (χ2v) is 29.6. The molecule has 0 saturated heterocycles. The second-order valence-electron chi connectivity index (χ2n) is 28.1. The second kappa shape index (κ2) is 68.4. The van der Waals surface area contributed by atoms with Crippen LogP contribution in [0.4, 0.5) is 0 Å². The highest BCUT2D eigenvalue weighted by molar-refractivity contribution is 7.47. The van der Waals surface area contributed by atoms with E-state index in [2.05, 4.69) is 13.8 Å². The van der Waals surface area contributed by atoms with E-state index in [0.29, 0.717) is 17.4 Å². The summed E-state index contributed by atoms with van der Waals surface area (Å²) in [5, 5.41) is 0. The van der Waals surface area contributed by atoms with E-state index < -0.39 is 26.5 Å².